The Morgan fingerprint density at radius 2 is 2.09 bits per heavy atom. The third kappa shape index (κ3) is 4.24. The van der Waals surface area contributed by atoms with Crippen molar-refractivity contribution in [2.45, 2.75) is 66.2 Å². The van der Waals surface area contributed by atoms with Crippen LogP contribution in [-0.2, 0) is 24.2 Å². The van der Waals surface area contributed by atoms with Crippen molar-refractivity contribution >= 4 is 22.0 Å². The number of hydrogen-bond acceptors (Lipinski definition) is 3. The topological polar surface area (TPSA) is 47.4 Å². The monoisotopic (exact) mass is 371 g/mol. The molecule has 5 nitrogen and oxygen atoms in total. The molecule has 1 aliphatic rings. The Morgan fingerprint density at radius 1 is 1.41 bits per heavy atom. The summed E-state index contributed by atoms with van der Waals surface area (Å²) in [6.07, 6.45) is 1.69. The molecular weight excluding hydrogens is 346 g/mol. The molecule has 1 aliphatic heterocycles. The van der Waals surface area contributed by atoms with Gasteiger partial charge in [0.25, 0.3) is 0 Å². The first kappa shape index (κ1) is 17.3. The van der Waals surface area contributed by atoms with Gasteiger partial charge in [0.1, 0.15) is 5.60 Å². The van der Waals surface area contributed by atoms with Gasteiger partial charge in [-0.1, -0.05) is 13.8 Å². The van der Waals surface area contributed by atoms with Crippen molar-refractivity contribution in [1.29, 1.82) is 0 Å². The molecule has 0 radical (unpaired) electrons. The van der Waals surface area contributed by atoms with Gasteiger partial charge in [-0.15, -0.1) is 0 Å². The van der Waals surface area contributed by atoms with E-state index in [9.17, 15) is 4.79 Å². The summed E-state index contributed by atoms with van der Waals surface area (Å²) in [6.45, 7) is 12.3. The predicted molar refractivity (Wildman–Crippen MR) is 89.7 cm³/mol. The van der Waals surface area contributed by atoms with Crippen LogP contribution in [0.15, 0.2) is 4.73 Å². The SMILES string of the molecule is CC(C)CCn1c(Br)nc2c1CCN(C(=O)OC(C)(C)C)C2. The maximum Gasteiger partial charge on any atom is 0.410 e. The van der Waals surface area contributed by atoms with Gasteiger partial charge < -0.3 is 14.2 Å². The average Bonchev–Trinajstić information content (AvgIpc) is 2.68. The summed E-state index contributed by atoms with van der Waals surface area (Å²) in [5.41, 5.74) is 1.76. The average molecular weight is 372 g/mol. The Bertz CT molecular complexity index is 546. The maximum atomic E-state index is 12.2. The highest BCUT2D eigenvalue weighted by atomic mass is 79.9. The molecule has 22 heavy (non-hydrogen) atoms. The van der Waals surface area contributed by atoms with Crippen LogP contribution >= 0.6 is 15.9 Å². The zero-order chi connectivity index (χ0) is 16.5. The van der Waals surface area contributed by atoms with Crippen molar-refractivity contribution in [3.05, 3.63) is 16.1 Å². The van der Waals surface area contributed by atoms with Gasteiger partial charge in [-0.05, 0) is 49.0 Å². The first-order chi connectivity index (χ1) is 10.2. The third-order valence-corrected chi connectivity index (χ3v) is 4.26. The second-order valence-electron chi connectivity index (χ2n) is 7.26. The Hall–Kier alpha value is -1.04. The van der Waals surface area contributed by atoms with Crippen LogP contribution in [-0.4, -0.2) is 32.7 Å². The van der Waals surface area contributed by atoms with E-state index in [0.29, 0.717) is 19.0 Å². The number of ether oxygens (including phenoxy) is 1. The molecule has 0 unspecified atom stereocenters. The minimum absolute atomic E-state index is 0.258. The van der Waals surface area contributed by atoms with E-state index in [-0.39, 0.29) is 6.09 Å². The second kappa shape index (κ2) is 6.60. The Labute approximate surface area is 141 Å². The van der Waals surface area contributed by atoms with E-state index < -0.39 is 5.60 Å². The Morgan fingerprint density at radius 3 is 2.68 bits per heavy atom. The summed E-state index contributed by atoms with van der Waals surface area (Å²) in [6, 6.07) is 0. The van der Waals surface area contributed by atoms with Crippen molar-refractivity contribution in [3.8, 4) is 0 Å². The smallest absolute Gasteiger partial charge is 0.410 e. The molecule has 0 bridgehead atoms. The molecule has 0 saturated heterocycles. The van der Waals surface area contributed by atoms with Gasteiger partial charge in [-0.25, -0.2) is 9.78 Å². The van der Waals surface area contributed by atoms with Crippen molar-refractivity contribution in [2.24, 2.45) is 5.92 Å². The largest absolute Gasteiger partial charge is 0.444 e. The molecule has 0 aliphatic carbocycles. The molecule has 6 heteroatoms. The van der Waals surface area contributed by atoms with Crippen LogP contribution in [0.5, 0.6) is 0 Å². The van der Waals surface area contributed by atoms with Crippen LogP contribution in [0.3, 0.4) is 0 Å². The van der Waals surface area contributed by atoms with Crippen LogP contribution < -0.4 is 0 Å². The van der Waals surface area contributed by atoms with Gasteiger partial charge in [0, 0.05) is 25.2 Å². The van der Waals surface area contributed by atoms with Crippen LogP contribution in [0.1, 0.15) is 52.4 Å². The fraction of sp³-hybridized carbons (Fsp3) is 0.750. The van der Waals surface area contributed by atoms with Gasteiger partial charge in [-0.2, -0.15) is 0 Å². The van der Waals surface area contributed by atoms with E-state index in [2.05, 4.69) is 39.3 Å². The van der Waals surface area contributed by atoms with Gasteiger partial charge in [-0.3, -0.25) is 0 Å². The number of aromatic nitrogens is 2. The van der Waals surface area contributed by atoms with E-state index >= 15 is 0 Å². The van der Waals surface area contributed by atoms with Gasteiger partial charge in [0.2, 0.25) is 0 Å². The highest BCUT2D eigenvalue weighted by molar-refractivity contribution is 9.10. The first-order valence-electron chi connectivity index (χ1n) is 7.89. The van der Waals surface area contributed by atoms with E-state index in [0.717, 1.165) is 29.8 Å². The van der Waals surface area contributed by atoms with Gasteiger partial charge in [0.15, 0.2) is 4.73 Å². The molecule has 1 aromatic rings. The lowest BCUT2D eigenvalue weighted by atomic mass is 10.1. The first-order valence-corrected chi connectivity index (χ1v) is 8.68. The van der Waals surface area contributed by atoms with Crippen molar-refractivity contribution in [1.82, 2.24) is 14.5 Å². The molecule has 0 atom stereocenters. The molecule has 0 N–H and O–H groups in total. The number of carbonyl (C=O) groups is 1. The fourth-order valence-corrected chi connectivity index (χ4v) is 3.11. The summed E-state index contributed by atoms with van der Waals surface area (Å²) < 4.78 is 8.55. The summed E-state index contributed by atoms with van der Waals surface area (Å²) in [5, 5.41) is 0. The summed E-state index contributed by atoms with van der Waals surface area (Å²) >= 11 is 3.55. The van der Waals surface area contributed by atoms with Gasteiger partial charge in [0.05, 0.1) is 12.2 Å². The number of rotatable bonds is 3. The van der Waals surface area contributed by atoms with Gasteiger partial charge >= 0.3 is 6.09 Å². The van der Waals surface area contributed by atoms with E-state index in [1.165, 1.54) is 5.69 Å². The second-order valence-corrected chi connectivity index (χ2v) is 7.97. The third-order valence-electron chi connectivity index (χ3n) is 3.65. The summed E-state index contributed by atoms with van der Waals surface area (Å²) in [7, 11) is 0. The van der Waals surface area contributed by atoms with E-state index in [1.54, 1.807) is 4.90 Å². The van der Waals surface area contributed by atoms with Crippen LogP contribution in [0.25, 0.3) is 0 Å². The lowest BCUT2D eigenvalue weighted by Crippen LogP contribution is -2.40. The molecule has 2 rings (SSSR count). The molecule has 1 aromatic heterocycles. The number of amides is 1. The number of imidazole rings is 1. The minimum Gasteiger partial charge on any atom is -0.444 e. The van der Waals surface area contributed by atoms with Crippen LogP contribution in [0.2, 0.25) is 0 Å². The normalized spacial score (nSPS) is 15.1. The van der Waals surface area contributed by atoms with Crippen LogP contribution in [0.4, 0.5) is 4.79 Å². The fourth-order valence-electron chi connectivity index (χ4n) is 2.51. The summed E-state index contributed by atoms with van der Waals surface area (Å²) in [5.74, 6) is 0.659. The molecule has 0 aromatic carbocycles. The molecule has 0 spiro atoms. The predicted octanol–water partition coefficient (Wildman–Crippen LogP) is 3.98. The number of fused-ring (bicyclic) bond motifs is 1. The number of hydrogen-bond donors (Lipinski definition) is 0. The molecule has 0 saturated carbocycles. The van der Waals surface area contributed by atoms with Crippen molar-refractivity contribution in [3.63, 3.8) is 0 Å². The van der Waals surface area contributed by atoms with E-state index in [1.807, 2.05) is 20.8 Å². The van der Waals surface area contributed by atoms with Crippen LogP contribution in [0, 0.1) is 5.92 Å². The molecule has 2 heterocycles. The number of carbonyl (C=O) groups excluding carboxylic acids is 1. The highest BCUT2D eigenvalue weighted by Crippen LogP contribution is 2.25. The molecule has 1 amide bonds. The van der Waals surface area contributed by atoms with E-state index in [4.69, 9.17) is 4.74 Å². The van der Waals surface area contributed by atoms with Crippen molar-refractivity contribution in [2.75, 3.05) is 6.54 Å². The number of nitrogens with zero attached hydrogens (tertiary/aromatic N) is 3. The lowest BCUT2D eigenvalue weighted by molar-refractivity contribution is 0.0220. The minimum atomic E-state index is -0.464. The molecule has 124 valence electrons. The standard InChI is InChI=1S/C16H26BrN3O2/c1-11(2)6-9-20-13-7-8-19(10-12(13)18-14(20)17)15(21)22-16(3,4)5/h11H,6-10H2,1-5H3. The molecular formula is C16H26BrN3O2. The highest BCUT2D eigenvalue weighted by Gasteiger charge is 2.29. The Kier molecular flexibility index (Phi) is 5.20. The Balaban J connectivity index is 2.09. The zero-order valence-electron chi connectivity index (χ0n) is 14.1. The molecule has 0 fully saturated rings. The van der Waals surface area contributed by atoms with Crippen molar-refractivity contribution < 1.29 is 9.53 Å². The maximum absolute atomic E-state index is 12.2. The lowest BCUT2D eigenvalue weighted by Gasteiger charge is -2.30. The summed E-state index contributed by atoms with van der Waals surface area (Å²) in [4.78, 5) is 18.5. The number of halogens is 1. The zero-order valence-corrected chi connectivity index (χ0v) is 15.7. The quantitative estimate of drug-likeness (QED) is 0.806.